The first kappa shape index (κ1) is 13.8. The van der Waals surface area contributed by atoms with Crippen LogP contribution in [0.15, 0.2) is 24.3 Å². The van der Waals surface area contributed by atoms with E-state index in [0.29, 0.717) is 0 Å². The van der Waals surface area contributed by atoms with E-state index in [9.17, 15) is 0 Å². The Morgan fingerprint density at radius 1 is 1.25 bits per heavy atom. The van der Waals surface area contributed by atoms with E-state index in [0.717, 1.165) is 25.4 Å². The second kappa shape index (κ2) is 6.06. The van der Waals surface area contributed by atoms with Gasteiger partial charge in [0.05, 0.1) is 5.69 Å². The summed E-state index contributed by atoms with van der Waals surface area (Å²) in [6.45, 7) is 5.34. The molecule has 3 heteroatoms. The summed E-state index contributed by atoms with van der Waals surface area (Å²) in [6, 6.07) is 9.45. The number of aryl methyl sites for hydroxylation is 2. The fraction of sp³-hybridized carbons (Fsp3) is 0.471. The third-order valence-electron chi connectivity index (χ3n) is 3.69. The SMILES string of the molecule is CCCc1nc(-c2ccc(C)cc2)sc1CNC1CC1. The maximum absolute atomic E-state index is 4.88. The van der Waals surface area contributed by atoms with E-state index in [-0.39, 0.29) is 0 Å². The lowest BCUT2D eigenvalue weighted by atomic mass is 10.1. The smallest absolute Gasteiger partial charge is 0.123 e. The molecule has 1 aliphatic carbocycles. The highest BCUT2D eigenvalue weighted by molar-refractivity contribution is 7.15. The molecule has 0 amide bonds. The zero-order valence-electron chi connectivity index (χ0n) is 12.3. The van der Waals surface area contributed by atoms with Gasteiger partial charge in [0.2, 0.25) is 0 Å². The standard InChI is InChI=1S/C17H22N2S/c1-3-4-15-16(11-18-14-9-10-14)20-17(19-15)13-7-5-12(2)6-8-13/h5-8,14,18H,3-4,9-11H2,1-2H3. The van der Waals surface area contributed by atoms with Crippen molar-refractivity contribution in [2.24, 2.45) is 0 Å². The Kier molecular flexibility index (Phi) is 4.18. The second-order valence-corrected chi connectivity index (χ2v) is 6.74. The molecule has 0 atom stereocenters. The van der Waals surface area contributed by atoms with Gasteiger partial charge < -0.3 is 5.32 Å². The average Bonchev–Trinajstić information content (AvgIpc) is 3.19. The molecule has 1 N–H and O–H groups in total. The Morgan fingerprint density at radius 3 is 2.65 bits per heavy atom. The molecule has 0 bridgehead atoms. The number of benzene rings is 1. The van der Waals surface area contributed by atoms with Crippen LogP contribution < -0.4 is 5.32 Å². The van der Waals surface area contributed by atoms with Crippen LogP contribution in [0.4, 0.5) is 0 Å². The van der Waals surface area contributed by atoms with Crippen LogP contribution in [0.2, 0.25) is 0 Å². The van der Waals surface area contributed by atoms with Gasteiger partial charge in [-0.15, -0.1) is 11.3 Å². The maximum atomic E-state index is 4.88. The lowest BCUT2D eigenvalue weighted by Gasteiger charge is -2.01. The summed E-state index contributed by atoms with van der Waals surface area (Å²) < 4.78 is 0. The van der Waals surface area contributed by atoms with Gasteiger partial charge in [-0.05, 0) is 26.2 Å². The monoisotopic (exact) mass is 286 g/mol. The number of hydrogen-bond donors (Lipinski definition) is 1. The zero-order chi connectivity index (χ0) is 13.9. The lowest BCUT2D eigenvalue weighted by molar-refractivity contribution is 0.686. The minimum atomic E-state index is 0.759. The molecule has 2 aromatic rings. The van der Waals surface area contributed by atoms with Crippen molar-refractivity contribution < 1.29 is 0 Å². The van der Waals surface area contributed by atoms with E-state index in [1.54, 1.807) is 0 Å². The summed E-state index contributed by atoms with van der Waals surface area (Å²) in [5.74, 6) is 0. The van der Waals surface area contributed by atoms with Crippen molar-refractivity contribution >= 4 is 11.3 Å². The normalized spacial score (nSPS) is 14.7. The van der Waals surface area contributed by atoms with Crippen molar-refractivity contribution in [2.45, 2.75) is 52.1 Å². The molecule has 1 saturated carbocycles. The van der Waals surface area contributed by atoms with E-state index in [4.69, 9.17) is 4.98 Å². The molecular weight excluding hydrogens is 264 g/mol. The molecule has 1 fully saturated rings. The Bertz CT molecular complexity index is 567. The van der Waals surface area contributed by atoms with E-state index in [1.807, 2.05) is 11.3 Å². The first-order chi connectivity index (χ1) is 9.76. The summed E-state index contributed by atoms with van der Waals surface area (Å²) >= 11 is 1.85. The molecular formula is C17H22N2S. The van der Waals surface area contributed by atoms with Crippen molar-refractivity contribution in [1.29, 1.82) is 0 Å². The Labute approximate surface area is 125 Å². The van der Waals surface area contributed by atoms with Crippen LogP contribution in [0, 0.1) is 6.92 Å². The molecule has 0 aliphatic heterocycles. The van der Waals surface area contributed by atoms with Gasteiger partial charge in [-0.1, -0.05) is 43.2 Å². The van der Waals surface area contributed by atoms with Gasteiger partial charge in [0.1, 0.15) is 5.01 Å². The fourth-order valence-corrected chi connectivity index (χ4v) is 3.36. The van der Waals surface area contributed by atoms with Crippen LogP contribution in [0.3, 0.4) is 0 Å². The van der Waals surface area contributed by atoms with E-state index in [1.165, 1.54) is 39.5 Å². The topological polar surface area (TPSA) is 24.9 Å². The van der Waals surface area contributed by atoms with Gasteiger partial charge >= 0.3 is 0 Å². The van der Waals surface area contributed by atoms with Crippen molar-refractivity contribution in [2.75, 3.05) is 0 Å². The Morgan fingerprint density at radius 2 is 2.00 bits per heavy atom. The van der Waals surface area contributed by atoms with Gasteiger partial charge in [0.15, 0.2) is 0 Å². The van der Waals surface area contributed by atoms with E-state index < -0.39 is 0 Å². The minimum Gasteiger partial charge on any atom is -0.309 e. The molecule has 0 radical (unpaired) electrons. The van der Waals surface area contributed by atoms with Crippen LogP contribution in [0.1, 0.15) is 42.3 Å². The van der Waals surface area contributed by atoms with Gasteiger partial charge in [0, 0.05) is 23.0 Å². The third kappa shape index (κ3) is 3.28. The first-order valence-corrected chi connectivity index (χ1v) is 8.37. The molecule has 1 aromatic carbocycles. The second-order valence-electron chi connectivity index (χ2n) is 5.66. The summed E-state index contributed by atoms with van der Waals surface area (Å²) in [5, 5.41) is 4.78. The quantitative estimate of drug-likeness (QED) is 0.855. The molecule has 1 heterocycles. The fourth-order valence-electron chi connectivity index (χ4n) is 2.30. The van der Waals surface area contributed by atoms with Crippen LogP contribution >= 0.6 is 11.3 Å². The van der Waals surface area contributed by atoms with E-state index in [2.05, 4.69) is 43.4 Å². The molecule has 0 unspecified atom stereocenters. The van der Waals surface area contributed by atoms with Crippen LogP contribution in [0.25, 0.3) is 10.6 Å². The zero-order valence-corrected chi connectivity index (χ0v) is 13.1. The number of rotatable bonds is 6. The van der Waals surface area contributed by atoms with Gasteiger partial charge in [-0.3, -0.25) is 0 Å². The number of aromatic nitrogens is 1. The Balaban J connectivity index is 1.82. The minimum absolute atomic E-state index is 0.759. The maximum Gasteiger partial charge on any atom is 0.123 e. The Hall–Kier alpha value is -1.19. The predicted molar refractivity (Wildman–Crippen MR) is 86.1 cm³/mol. The van der Waals surface area contributed by atoms with Crippen LogP contribution in [-0.2, 0) is 13.0 Å². The van der Waals surface area contributed by atoms with E-state index >= 15 is 0 Å². The largest absolute Gasteiger partial charge is 0.309 e. The summed E-state index contributed by atoms with van der Waals surface area (Å²) in [4.78, 5) is 6.30. The average molecular weight is 286 g/mol. The van der Waals surface area contributed by atoms with Crippen molar-refractivity contribution in [3.63, 3.8) is 0 Å². The molecule has 106 valence electrons. The predicted octanol–water partition coefficient (Wildman–Crippen LogP) is 4.32. The van der Waals surface area contributed by atoms with Crippen LogP contribution in [-0.4, -0.2) is 11.0 Å². The summed E-state index contributed by atoms with van der Waals surface area (Å²) in [6.07, 6.45) is 4.93. The first-order valence-electron chi connectivity index (χ1n) is 7.55. The van der Waals surface area contributed by atoms with Crippen molar-refractivity contribution in [3.8, 4) is 10.6 Å². The summed E-state index contributed by atoms with van der Waals surface area (Å²) in [5.41, 5.74) is 3.84. The number of nitrogens with zero attached hydrogens (tertiary/aromatic N) is 1. The molecule has 0 saturated heterocycles. The van der Waals surface area contributed by atoms with Crippen molar-refractivity contribution in [3.05, 3.63) is 40.4 Å². The number of thiazole rings is 1. The molecule has 3 rings (SSSR count). The molecule has 2 nitrogen and oxygen atoms in total. The lowest BCUT2D eigenvalue weighted by Crippen LogP contribution is -2.15. The molecule has 1 aromatic heterocycles. The molecule has 1 aliphatic rings. The van der Waals surface area contributed by atoms with Gasteiger partial charge in [-0.25, -0.2) is 4.98 Å². The summed E-state index contributed by atoms with van der Waals surface area (Å²) in [7, 11) is 0. The molecule has 0 spiro atoms. The number of hydrogen-bond acceptors (Lipinski definition) is 3. The molecule has 20 heavy (non-hydrogen) atoms. The highest BCUT2D eigenvalue weighted by Crippen LogP contribution is 2.30. The van der Waals surface area contributed by atoms with Gasteiger partial charge in [-0.2, -0.15) is 0 Å². The number of nitrogens with one attached hydrogen (secondary N) is 1. The third-order valence-corrected chi connectivity index (χ3v) is 4.84. The van der Waals surface area contributed by atoms with Crippen LogP contribution in [0.5, 0.6) is 0 Å². The highest BCUT2D eigenvalue weighted by Gasteiger charge is 2.21. The van der Waals surface area contributed by atoms with Crippen molar-refractivity contribution in [1.82, 2.24) is 10.3 Å². The van der Waals surface area contributed by atoms with Gasteiger partial charge in [0.25, 0.3) is 0 Å². The highest BCUT2D eigenvalue weighted by atomic mass is 32.1.